The highest BCUT2D eigenvalue weighted by Gasteiger charge is 2.13. The van der Waals surface area contributed by atoms with E-state index in [9.17, 15) is 4.79 Å². The quantitative estimate of drug-likeness (QED) is 0.573. The van der Waals surface area contributed by atoms with Crippen molar-refractivity contribution >= 4 is 5.97 Å². The third kappa shape index (κ3) is 2.19. The molecule has 0 rings (SSSR count). The zero-order chi connectivity index (χ0) is 8.15. The SMILES string of the molecule is C/C=C(\CC)C(N)C(=O)O. The summed E-state index contributed by atoms with van der Waals surface area (Å²) in [5.41, 5.74) is 6.08. The second-order valence-corrected chi connectivity index (χ2v) is 2.03. The third-order valence-electron chi connectivity index (χ3n) is 1.44. The summed E-state index contributed by atoms with van der Waals surface area (Å²) in [6.07, 6.45) is 2.45. The lowest BCUT2D eigenvalue weighted by molar-refractivity contribution is -0.137. The van der Waals surface area contributed by atoms with Crippen LogP contribution in [0.3, 0.4) is 0 Å². The molecule has 0 spiro atoms. The highest BCUT2D eigenvalue weighted by molar-refractivity contribution is 5.76. The van der Waals surface area contributed by atoms with Gasteiger partial charge in [-0.3, -0.25) is 4.79 Å². The molecule has 1 atom stereocenters. The second-order valence-electron chi connectivity index (χ2n) is 2.03. The van der Waals surface area contributed by atoms with Gasteiger partial charge in [0.25, 0.3) is 0 Å². The second kappa shape index (κ2) is 4.06. The zero-order valence-corrected chi connectivity index (χ0v) is 6.29. The fourth-order valence-electron chi connectivity index (χ4n) is 0.762. The number of hydrogen-bond acceptors (Lipinski definition) is 2. The first-order valence-corrected chi connectivity index (χ1v) is 3.27. The van der Waals surface area contributed by atoms with E-state index in [1.807, 2.05) is 6.92 Å². The summed E-state index contributed by atoms with van der Waals surface area (Å²) in [7, 11) is 0. The lowest BCUT2D eigenvalue weighted by atomic mass is 10.1. The first-order chi connectivity index (χ1) is 4.63. The predicted molar refractivity (Wildman–Crippen MR) is 39.7 cm³/mol. The van der Waals surface area contributed by atoms with Gasteiger partial charge < -0.3 is 10.8 Å². The van der Waals surface area contributed by atoms with Gasteiger partial charge in [-0.2, -0.15) is 0 Å². The van der Waals surface area contributed by atoms with Crippen LogP contribution in [0.4, 0.5) is 0 Å². The van der Waals surface area contributed by atoms with Crippen LogP contribution >= 0.6 is 0 Å². The molecule has 0 fully saturated rings. The van der Waals surface area contributed by atoms with Gasteiger partial charge in [0.15, 0.2) is 0 Å². The molecule has 0 saturated carbocycles. The van der Waals surface area contributed by atoms with Crippen molar-refractivity contribution in [1.29, 1.82) is 0 Å². The standard InChI is InChI=1S/C7H13NO2/c1-3-5(4-2)6(8)7(9)10/h3,6H,4,8H2,1-2H3,(H,9,10)/b5-3+. The average molecular weight is 143 g/mol. The van der Waals surface area contributed by atoms with E-state index < -0.39 is 12.0 Å². The van der Waals surface area contributed by atoms with Crippen molar-refractivity contribution in [2.75, 3.05) is 0 Å². The number of carbonyl (C=O) groups is 1. The number of aliphatic carboxylic acids is 1. The van der Waals surface area contributed by atoms with Gasteiger partial charge in [0.05, 0.1) is 0 Å². The summed E-state index contributed by atoms with van der Waals surface area (Å²) < 4.78 is 0. The number of carboxylic acid groups (broad SMARTS) is 1. The maximum Gasteiger partial charge on any atom is 0.324 e. The lowest BCUT2D eigenvalue weighted by Gasteiger charge is -2.07. The van der Waals surface area contributed by atoms with Crippen LogP contribution in [-0.2, 0) is 4.79 Å². The van der Waals surface area contributed by atoms with Crippen LogP contribution in [0.5, 0.6) is 0 Å². The molecule has 0 aromatic carbocycles. The molecule has 0 amide bonds. The topological polar surface area (TPSA) is 63.3 Å². The Bertz CT molecular complexity index is 152. The van der Waals surface area contributed by atoms with Gasteiger partial charge in [-0.1, -0.05) is 13.0 Å². The smallest absolute Gasteiger partial charge is 0.324 e. The summed E-state index contributed by atoms with van der Waals surface area (Å²) in [5.74, 6) is -0.963. The van der Waals surface area contributed by atoms with Crippen LogP contribution < -0.4 is 5.73 Å². The van der Waals surface area contributed by atoms with Crippen molar-refractivity contribution < 1.29 is 9.90 Å². The van der Waals surface area contributed by atoms with E-state index >= 15 is 0 Å². The third-order valence-corrected chi connectivity index (χ3v) is 1.44. The first-order valence-electron chi connectivity index (χ1n) is 3.27. The molecule has 3 heteroatoms. The minimum absolute atomic E-state index is 0.698. The van der Waals surface area contributed by atoms with Crippen LogP contribution in [0.25, 0.3) is 0 Å². The molecule has 1 unspecified atom stereocenters. The summed E-state index contributed by atoms with van der Waals surface area (Å²) in [5, 5.41) is 8.45. The molecule has 3 nitrogen and oxygen atoms in total. The number of rotatable bonds is 3. The van der Waals surface area contributed by atoms with Crippen LogP contribution in [0, 0.1) is 0 Å². The number of hydrogen-bond donors (Lipinski definition) is 2. The van der Waals surface area contributed by atoms with E-state index in [1.54, 1.807) is 13.0 Å². The fraction of sp³-hybridized carbons (Fsp3) is 0.571. The van der Waals surface area contributed by atoms with Gasteiger partial charge in [0.2, 0.25) is 0 Å². The van der Waals surface area contributed by atoms with Gasteiger partial charge in [0.1, 0.15) is 6.04 Å². The van der Waals surface area contributed by atoms with Crippen molar-refractivity contribution in [2.24, 2.45) is 5.73 Å². The molecule has 0 aliphatic heterocycles. The number of nitrogens with two attached hydrogens (primary N) is 1. The first kappa shape index (κ1) is 9.17. The zero-order valence-electron chi connectivity index (χ0n) is 6.29. The van der Waals surface area contributed by atoms with E-state index in [1.165, 1.54) is 0 Å². The Hall–Kier alpha value is -0.830. The van der Waals surface area contributed by atoms with E-state index in [0.717, 1.165) is 5.57 Å². The minimum atomic E-state index is -0.963. The van der Waals surface area contributed by atoms with Gasteiger partial charge in [-0.15, -0.1) is 0 Å². The normalized spacial score (nSPS) is 14.9. The Morgan fingerprint density at radius 3 is 2.40 bits per heavy atom. The monoisotopic (exact) mass is 143 g/mol. The Morgan fingerprint density at radius 1 is 1.80 bits per heavy atom. The molecule has 0 aromatic rings. The Labute approximate surface area is 60.5 Å². The number of allylic oxidation sites excluding steroid dienone is 1. The highest BCUT2D eigenvalue weighted by Crippen LogP contribution is 2.04. The van der Waals surface area contributed by atoms with E-state index in [0.29, 0.717) is 6.42 Å². The largest absolute Gasteiger partial charge is 0.480 e. The number of carboxylic acids is 1. The molecule has 10 heavy (non-hydrogen) atoms. The molecule has 0 aromatic heterocycles. The van der Waals surface area contributed by atoms with Crippen LogP contribution in [-0.4, -0.2) is 17.1 Å². The van der Waals surface area contributed by atoms with Crippen molar-refractivity contribution in [3.05, 3.63) is 11.6 Å². The van der Waals surface area contributed by atoms with Crippen molar-refractivity contribution in [2.45, 2.75) is 26.3 Å². The van der Waals surface area contributed by atoms with E-state index in [-0.39, 0.29) is 0 Å². The van der Waals surface area contributed by atoms with Crippen molar-refractivity contribution in [3.8, 4) is 0 Å². The van der Waals surface area contributed by atoms with Crippen LogP contribution in [0.2, 0.25) is 0 Å². The molecule has 3 N–H and O–H groups in total. The molecule has 0 bridgehead atoms. The maximum atomic E-state index is 10.3. The van der Waals surface area contributed by atoms with Gasteiger partial charge >= 0.3 is 5.97 Å². The van der Waals surface area contributed by atoms with E-state index in [4.69, 9.17) is 10.8 Å². The van der Waals surface area contributed by atoms with Crippen molar-refractivity contribution in [3.63, 3.8) is 0 Å². The molecule has 0 heterocycles. The molecular formula is C7H13NO2. The molecule has 0 radical (unpaired) electrons. The molecule has 0 saturated heterocycles. The molecule has 0 aliphatic carbocycles. The predicted octanol–water partition coefficient (Wildman–Crippen LogP) is 0.755. The summed E-state index contributed by atoms with van der Waals surface area (Å²) in [6.45, 7) is 3.68. The molecular weight excluding hydrogens is 130 g/mol. The van der Waals surface area contributed by atoms with Crippen LogP contribution in [0.1, 0.15) is 20.3 Å². The maximum absolute atomic E-state index is 10.3. The Kier molecular flexibility index (Phi) is 3.72. The van der Waals surface area contributed by atoms with Crippen LogP contribution in [0.15, 0.2) is 11.6 Å². The summed E-state index contributed by atoms with van der Waals surface area (Å²) in [6, 6.07) is -0.824. The van der Waals surface area contributed by atoms with Gasteiger partial charge in [-0.25, -0.2) is 0 Å². The minimum Gasteiger partial charge on any atom is -0.480 e. The summed E-state index contributed by atoms with van der Waals surface area (Å²) >= 11 is 0. The highest BCUT2D eigenvalue weighted by atomic mass is 16.4. The Balaban J connectivity index is 4.17. The fourth-order valence-corrected chi connectivity index (χ4v) is 0.762. The summed E-state index contributed by atoms with van der Waals surface area (Å²) in [4.78, 5) is 10.3. The van der Waals surface area contributed by atoms with Gasteiger partial charge in [0, 0.05) is 0 Å². The van der Waals surface area contributed by atoms with Crippen molar-refractivity contribution in [1.82, 2.24) is 0 Å². The molecule has 0 aliphatic rings. The van der Waals surface area contributed by atoms with Gasteiger partial charge in [-0.05, 0) is 18.9 Å². The molecule has 58 valence electrons. The lowest BCUT2D eigenvalue weighted by Crippen LogP contribution is -2.31. The van der Waals surface area contributed by atoms with E-state index in [2.05, 4.69) is 0 Å². The average Bonchev–Trinajstić information content (AvgIpc) is 1.90. The Morgan fingerprint density at radius 2 is 2.30 bits per heavy atom.